The van der Waals surface area contributed by atoms with Crippen molar-refractivity contribution in [1.29, 1.82) is 0 Å². The van der Waals surface area contributed by atoms with Crippen LogP contribution in [0.2, 0.25) is 0 Å². The zero-order chi connectivity index (χ0) is 22.7. The Hall–Kier alpha value is -2.02. The molecule has 1 aromatic heterocycles. The van der Waals surface area contributed by atoms with Gasteiger partial charge in [0.2, 0.25) is 11.8 Å². The standard InChI is InChI=1S/C25H39N5O2/c1-4-28(5-2)17-23(32)29-15-9-12-21(29)24-26-18(3)20-13-14-22(31)30(25(20)27-24)16-19-10-7-6-8-11-19/h19,21H,4-17H2,1-3H3. The minimum absolute atomic E-state index is 0.0874. The van der Waals surface area contributed by atoms with Crippen molar-refractivity contribution in [2.24, 2.45) is 5.92 Å². The predicted octanol–water partition coefficient (Wildman–Crippen LogP) is 3.65. The topological polar surface area (TPSA) is 69.6 Å². The monoisotopic (exact) mass is 441 g/mol. The largest absolute Gasteiger partial charge is 0.331 e. The van der Waals surface area contributed by atoms with Crippen LogP contribution in [0.5, 0.6) is 0 Å². The zero-order valence-corrected chi connectivity index (χ0v) is 20.1. The molecule has 1 atom stereocenters. The molecule has 0 N–H and O–H groups in total. The number of likely N-dealkylation sites (N-methyl/N-ethyl adjacent to an activating group) is 1. The number of amides is 2. The number of hydrogen-bond acceptors (Lipinski definition) is 5. The van der Waals surface area contributed by atoms with Gasteiger partial charge in [-0.2, -0.15) is 0 Å². The first-order chi connectivity index (χ1) is 15.5. The van der Waals surface area contributed by atoms with Crippen molar-refractivity contribution in [3.05, 3.63) is 17.1 Å². The van der Waals surface area contributed by atoms with Gasteiger partial charge in [-0.25, -0.2) is 9.97 Å². The third-order valence-corrected chi connectivity index (χ3v) is 7.64. The molecule has 0 bridgehead atoms. The third-order valence-electron chi connectivity index (χ3n) is 7.64. The van der Waals surface area contributed by atoms with Crippen LogP contribution in [0.4, 0.5) is 5.82 Å². The van der Waals surface area contributed by atoms with E-state index in [4.69, 9.17) is 9.97 Å². The lowest BCUT2D eigenvalue weighted by atomic mass is 9.88. The highest BCUT2D eigenvalue weighted by Gasteiger charge is 2.35. The number of hydrogen-bond donors (Lipinski definition) is 0. The fourth-order valence-corrected chi connectivity index (χ4v) is 5.63. The van der Waals surface area contributed by atoms with Crippen LogP contribution >= 0.6 is 0 Å². The van der Waals surface area contributed by atoms with Gasteiger partial charge in [0.25, 0.3) is 0 Å². The SMILES string of the molecule is CCN(CC)CC(=O)N1CCCC1c1nc(C)c2c(n1)N(CC1CCCCC1)C(=O)CC2. The van der Waals surface area contributed by atoms with E-state index in [-0.39, 0.29) is 17.9 Å². The Morgan fingerprint density at radius 1 is 1.03 bits per heavy atom. The van der Waals surface area contributed by atoms with Crippen molar-refractivity contribution in [3.63, 3.8) is 0 Å². The molecule has 1 saturated heterocycles. The number of aromatic nitrogens is 2. The summed E-state index contributed by atoms with van der Waals surface area (Å²) >= 11 is 0. The van der Waals surface area contributed by atoms with Crippen LogP contribution in [0, 0.1) is 12.8 Å². The second kappa shape index (κ2) is 10.3. The van der Waals surface area contributed by atoms with Gasteiger partial charge in [0.05, 0.1) is 12.6 Å². The lowest BCUT2D eigenvalue weighted by Crippen LogP contribution is -2.42. The van der Waals surface area contributed by atoms with E-state index in [1.807, 2.05) is 16.7 Å². The normalized spacial score (nSPS) is 22.0. The molecule has 32 heavy (non-hydrogen) atoms. The van der Waals surface area contributed by atoms with E-state index in [2.05, 4.69) is 18.7 Å². The van der Waals surface area contributed by atoms with E-state index in [0.29, 0.717) is 18.9 Å². The molecule has 3 aliphatic rings. The van der Waals surface area contributed by atoms with Gasteiger partial charge in [-0.15, -0.1) is 0 Å². The van der Waals surface area contributed by atoms with Crippen LogP contribution in [0.3, 0.4) is 0 Å². The molecular weight excluding hydrogens is 402 g/mol. The molecule has 0 radical (unpaired) electrons. The quantitative estimate of drug-likeness (QED) is 0.646. The van der Waals surface area contributed by atoms with Crippen molar-refractivity contribution < 1.29 is 9.59 Å². The van der Waals surface area contributed by atoms with Crippen LogP contribution < -0.4 is 4.90 Å². The van der Waals surface area contributed by atoms with E-state index in [1.54, 1.807) is 0 Å². The Morgan fingerprint density at radius 2 is 1.78 bits per heavy atom. The minimum atomic E-state index is -0.0874. The van der Waals surface area contributed by atoms with E-state index in [9.17, 15) is 9.59 Å². The summed E-state index contributed by atoms with van der Waals surface area (Å²) in [7, 11) is 0. The average Bonchev–Trinajstić information content (AvgIpc) is 3.30. The maximum Gasteiger partial charge on any atom is 0.237 e. The fraction of sp³-hybridized carbons (Fsp3) is 0.760. The summed E-state index contributed by atoms with van der Waals surface area (Å²) in [5.41, 5.74) is 2.08. The van der Waals surface area contributed by atoms with E-state index >= 15 is 0 Å². The maximum atomic E-state index is 13.1. The highest BCUT2D eigenvalue weighted by molar-refractivity contribution is 5.95. The molecule has 2 amide bonds. The summed E-state index contributed by atoms with van der Waals surface area (Å²) in [6.45, 7) is 9.93. The molecule has 176 valence electrons. The predicted molar refractivity (Wildman–Crippen MR) is 125 cm³/mol. The fourth-order valence-electron chi connectivity index (χ4n) is 5.63. The molecule has 1 aliphatic carbocycles. The summed E-state index contributed by atoms with van der Waals surface area (Å²) in [6.07, 6.45) is 9.36. The van der Waals surface area contributed by atoms with Crippen LogP contribution in [0.25, 0.3) is 0 Å². The van der Waals surface area contributed by atoms with Gasteiger partial charge in [0.15, 0.2) is 5.82 Å². The Balaban J connectivity index is 1.59. The van der Waals surface area contributed by atoms with Gasteiger partial charge in [-0.1, -0.05) is 33.1 Å². The summed E-state index contributed by atoms with van der Waals surface area (Å²) in [5.74, 6) is 2.45. The van der Waals surface area contributed by atoms with Gasteiger partial charge >= 0.3 is 0 Å². The van der Waals surface area contributed by atoms with Crippen LogP contribution in [-0.2, 0) is 16.0 Å². The molecule has 1 unspecified atom stereocenters. The van der Waals surface area contributed by atoms with Gasteiger partial charge < -0.3 is 4.90 Å². The van der Waals surface area contributed by atoms with Gasteiger partial charge in [0, 0.05) is 30.8 Å². The first-order valence-electron chi connectivity index (χ1n) is 12.7. The zero-order valence-electron chi connectivity index (χ0n) is 20.1. The molecule has 1 aromatic rings. The van der Waals surface area contributed by atoms with Crippen LogP contribution in [-0.4, -0.2) is 64.3 Å². The molecular formula is C25H39N5O2. The van der Waals surface area contributed by atoms with Gasteiger partial charge in [0.1, 0.15) is 5.82 Å². The number of anilines is 1. The van der Waals surface area contributed by atoms with Gasteiger partial charge in [-0.05, 0) is 58.0 Å². The molecule has 7 heteroatoms. The van der Waals surface area contributed by atoms with Crippen molar-refractivity contribution in [2.75, 3.05) is 37.6 Å². The Bertz CT molecular complexity index is 832. The van der Waals surface area contributed by atoms with Crippen LogP contribution in [0.1, 0.15) is 88.3 Å². The van der Waals surface area contributed by atoms with E-state index in [1.165, 1.54) is 32.1 Å². The minimum Gasteiger partial charge on any atom is -0.331 e. The number of likely N-dealkylation sites (tertiary alicyclic amines) is 1. The molecule has 4 rings (SSSR count). The first-order valence-corrected chi connectivity index (χ1v) is 12.7. The number of carbonyl (C=O) groups excluding carboxylic acids is 2. The van der Waals surface area contributed by atoms with Crippen molar-refractivity contribution in [2.45, 2.75) is 84.6 Å². The van der Waals surface area contributed by atoms with Crippen molar-refractivity contribution in [1.82, 2.24) is 19.8 Å². The Labute approximate surface area is 192 Å². The summed E-state index contributed by atoms with van der Waals surface area (Å²) in [5, 5.41) is 0. The van der Waals surface area contributed by atoms with Crippen molar-refractivity contribution in [3.8, 4) is 0 Å². The second-order valence-corrected chi connectivity index (χ2v) is 9.68. The van der Waals surface area contributed by atoms with Crippen LogP contribution in [0.15, 0.2) is 0 Å². The molecule has 7 nitrogen and oxygen atoms in total. The lowest BCUT2D eigenvalue weighted by Gasteiger charge is -2.34. The molecule has 0 spiro atoms. The number of carbonyl (C=O) groups is 2. The molecule has 1 saturated carbocycles. The number of aryl methyl sites for hydroxylation is 1. The number of fused-ring (bicyclic) bond motifs is 1. The van der Waals surface area contributed by atoms with Gasteiger partial charge in [-0.3, -0.25) is 19.4 Å². The first kappa shape index (κ1) is 23.1. The average molecular weight is 442 g/mol. The summed E-state index contributed by atoms with van der Waals surface area (Å²) in [6, 6.07) is -0.0874. The molecule has 2 aliphatic heterocycles. The molecule has 3 heterocycles. The Kier molecular flexibility index (Phi) is 7.44. The molecule has 2 fully saturated rings. The number of nitrogens with zero attached hydrogens (tertiary/aromatic N) is 5. The lowest BCUT2D eigenvalue weighted by molar-refractivity contribution is -0.133. The second-order valence-electron chi connectivity index (χ2n) is 9.68. The van der Waals surface area contributed by atoms with Crippen molar-refractivity contribution >= 4 is 17.6 Å². The van der Waals surface area contributed by atoms with E-state index < -0.39 is 0 Å². The summed E-state index contributed by atoms with van der Waals surface area (Å²) in [4.78, 5) is 41.9. The highest BCUT2D eigenvalue weighted by atomic mass is 16.2. The smallest absolute Gasteiger partial charge is 0.237 e. The van der Waals surface area contributed by atoms with E-state index in [0.717, 1.165) is 68.3 Å². The Morgan fingerprint density at radius 3 is 2.50 bits per heavy atom. The molecule has 0 aromatic carbocycles. The third kappa shape index (κ3) is 4.82. The number of rotatable bonds is 7. The maximum absolute atomic E-state index is 13.1. The summed E-state index contributed by atoms with van der Waals surface area (Å²) < 4.78 is 0. The highest BCUT2D eigenvalue weighted by Crippen LogP contribution is 2.36.